The Hall–Kier alpha value is -1.96. The van der Waals surface area contributed by atoms with Crippen LogP contribution in [0.4, 0.5) is 5.82 Å². The minimum absolute atomic E-state index is 0.217. The molecule has 2 aromatic heterocycles. The van der Waals surface area contributed by atoms with Crippen molar-refractivity contribution < 1.29 is 8.42 Å². The van der Waals surface area contributed by atoms with Gasteiger partial charge >= 0.3 is 0 Å². The Morgan fingerprint density at radius 3 is 2.89 bits per heavy atom. The van der Waals surface area contributed by atoms with Gasteiger partial charge in [0, 0.05) is 25.4 Å². The molecule has 0 fully saturated rings. The van der Waals surface area contributed by atoms with E-state index in [-0.39, 0.29) is 4.90 Å². The normalized spacial score (nSPS) is 11.4. The molecule has 0 aliphatic heterocycles. The van der Waals surface area contributed by atoms with Crippen LogP contribution in [0, 0.1) is 0 Å². The third kappa shape index (κ3) is 3.75. The molecule has 2 heterocycles. The van der Waals surface area contributed by atoms with Gasteiger partial charge in [-0.25, -0.2) is 18.4 Å². The van der Waals surface area contributed by atoms with Crippen LogP contribution in [-0.4, -0.2) is 41.4 Å². The van der Waals surface area contributed by atoms with E-state index in [0.717, 1.165) is 18.7 Å². The first kappa shape index (κ1) is 13.5. The summed E-state index contributed by atoms with van der Waals surface area (Å²) in [5.41, 5.74) is 0. The number of aromatic nitrogens is 4. The molecule has 19 heavy (non-hydrogen) atoms. The zero-order valence-electron chi connectivity index (χ0n) is 10.5. The molecule has 0 saturated carbocycles. The quantitative estimate of drug-likeness (QED) is 0.754. The summed E-state index contributed by atoms with van der Waals surface area (Å²) in [5, 5.41) is 9.56. The molecule has 0 atom stereocenters. The molecule has 0 radical (unpaired) electrons. The fraction of sp³-hybridized carbons (Fsp3) is 0.364. The zero-order valence-corrected chi connectivity index (χ0v) is 11.3. The fourth-order valence-corrected chi connectivity index (χ4v) is 2.44. The van der Waals surface area contributed by atoms with Crippen LogP contribution in [0.2, 0.25) is 0 Å². The molecule has 0 aliphatic rings. The van der Waals surface area contributed by atoms with E-state index in [2.05, 4.69) is 25.5 Å². The first-order chi connectivity index (χ1) is 9.07. The van der Waals surface area contributed by atoms with Crippen molar-refractivity contribution in [1.82, 2.24) is 20.2 Å². The van der Waals surface area contributed by atoms with Crippen LogP contribution >= 0.6 is 0 Å². The van der Waals surface area contributed by atoms with Gasteiger partial charge in [-0.05, 0) is 18.6 Å². The van der Waals surface area contributed by atoms with Crippen LogP contribution in [0.25, 0.3) is 0 Å². The monoisotopic (exact) mass is 281 g/mol. The number of hydrogen-bond acceptors (Lipinski definition) is 6. The lowest BCUT2D eigenvalue weighted by molar-refractivity contribution is 0.601. The number of H-pyrrole nitrogens is 1. The average molecular weight is 281 g/mol. The van der Waals surface area contributed by atoms with Crippen LogP contribution in [-0.2, 0) is 16.3 Å². The van der Waals surface area contributed by atoms with Crippen molar-refractivity contribution in [1.29, 1.82) is 0 Å². The number of rotatable bonds is 6. The van der Waals surface area contributed by atoms with Gasteiger partial charge in [0.15, 0.2) is 9.84 Å². The number of nitrogens with zero attached hydrogens (tertiary/aromatic N) is 3. The average Bonchev–Trinajstić information content (AvgIpc) is 2.87. The highest BCUT2D eigenvalue weighted by Gasteiger charge is 2.13. The first-order valence-corrected chi connectivity index (χ1v) is 7.69. The van der Waals surface area contributed by atoms with Gasteiger partial charge in [0.05, 0.1) is 0 Å². The molecule has 8 heteroatoms. The van der Waals surface area contributed by atoms with E-state index < -0.39 is 9.84 Å². The number of anilines is 1. The van der Waals surface area contributed by atoms with Crippen molar-refractivity contribution in [2.24, 2.45) is 0 Å². The van der Waals surface area contributed by atoms with E-state index in [4.69, 9.17) is 0 Å². The molecule has 0 spiro atoms. The smallest absolute Gasteiger partial charge is 0.179 e. The topological polar surface area (TPSA) is 101 Å². The Kier molecular flexibility index (Phi) is 4.10. The third-order valence-corrected chi connectivity index (χ3v) is 3.65. The number of sulfone groups is 1. The van der Waals surface area contributed by atoms with Gasteiger partial charge < -0.3 is 5.32 Å². The number of aromatic amines is 1. The molecule has 0 aliphatic carbocycles. The van der Waals surface area contributed by atoms with Gasteiger partial charge in [-0.15, -0.1) is 0 Å². The van der Waals surface area contributed by atoms with Crippen LogP contribution < -0.4 is 5.32 Å². The lowest BCUT2D eigenvalue weighted by Gasteiger charge is -2.08. The lowest BCUT2D eigenvalue weighted by Crippen LogP contribution is -2.10. The van der Waals surface area contributed by atoms with Crippen molar-refractivity contribution in [3.63, 3.8) is 0 Å². The Morgan fingerprint density at radius 1 is 1.37 bits per heavy atom. The van der Waals surface area contributed by atoms with E-state index in [1.54, 1.807) is 18.3 Å². The minimum Gasteiger partial charge on any atom is -0.369 e. The molecule has 2 aromatic rings. The maximum Gasteiger partial charge on any atom is 0.179 e. The van der Waals surface area contributed by atoms with Crippen LogP contribution in [0.15, 0.2) is 29.6 Å². The fourth-order valence-electron chi connectivity index (χ4n) is 1.64. The molecule has 0 aromatic carbocycles. The van der Waals surface area contributed by atoms with E-state index in [9.17, 15) is 8.42 Å². The molecule has 0 bridgehead atoms. The molecular formula is C11H15N5O2S. The summed E-state index contributed by atoms with van der Waals surface area (Å²) < 4.78 is 23.1. The van der Waals surface area contributed by atoms with Crippen LogP contribution in [0.1, 0.15) is 12.2 Å². The summed E-state index contributed by atoms with van der Waals surface area (Å²) in [6.45, 7) is 0.611. The van der Waals surface area contributed by atoms with Gasteiger partial charge in [-0.2, -0.15) is 5.10 Å². The summed E-state index contributed by atoms with van der Waals surface area (Å²) in [5.74, 6) is 1.20. The highest BCUT2D eigenvalue weighted by molar-refractivity contribution is 7.90. The lowest BCUT2D eigenvalue weighted by atomic mass is 10.3. The van der Waals surface area contributed by atoms with Gasteiger partial charge in [0.25, 0.3) is 0 Å². The second-order valence-corrected chi connectivity index (χ2v) is 6.07. The molecule has 2 rings (SSSR count). The molecule has 7 nitrogen and oxygen atoms in total. The van der Waals surface area contributed by atoms with Gasteiger partial charge in [0.1, 0.15) is 22.9 Å². The van der Waals surface area contributed by atoms with Crippen molar-refractivity contribution in [3.05, 3.63) is 30.5 Å². The maximum absolute atomic E-state index is 11.6. The van der Waals surface area contributed by atoms with Crippen molar-refractivity contribution in [2.45, 2.75) is 17.7 Å². The molecule has 0 saturated heterocycles. The minimum atomic E-state index is -3.27. The van der Waals surface area contributed by atoms with E-state index in [1.165, 1.54) is 12.6 Å². The Balaban J connectivity index is 1.93. The predicted octanol–water partition coefficient (Wildman–Crippen LogP) is 0.648. The van der Waals surface area contributed by atoms with E-state index in [0.29, 0.717) is 12.4 Å². The predicted molar refractivity (Wildman–Crippen MR) is 70.5 cm³/mol. The molecule has 102 valence electrons. The third-order valence-electron chi connectivity index (χ3n) is 2.52. The van der Waals surface area contributed by atoms with Gasteiger partial charge in [-0.1, -0.05) is 0 Å². The second-order valence-electron chi connectivity index (χ2n) is 4.08. The van der Waals surface area contributed by atoms with Crippen molar-refractivity contribution >= 4 is 15.7 Å². The molecule has 2 N–H and O–H groups in total. The highest BCUT2D eigenvalue weighted by atomic mass is 32.2. The second kappa shape index (κ2) is 5.79. The summed E-state index contributed by atoms with van der Waals surface area (Å²) in [7, 11) is -3.27. The number of hydrogen-bond donors (Lipinski definition) is 2. The van der Waals surface area contributed by atoms with E-state index in [1.807, 2.05) is 0 Å². The summed E-state index contributed by atoms with van der Waals surface area (Å²) >= 11 is 0. The van der Waals surface area contributed by atoms with Crippen LogP contribution in [0.5, 0.6) is 0 Å². The Bertz CT molecular complexity index is 624. The van der Waals surface area contributed by atoms with Crippen molar-refractivity contribution in [2.75, 3.05) is 18.1 Å². The standard InChI is InChI=1S/C11H15N5O2S/c1-19(17,18)9-4-2-6-12-11(9)13-7-3-5-10-14-8-15-16-10/h2,4,6,8H,3,5,7H2,1H3,(H,12,13)(H,14,15,16). The zero-order chi connectivity index (χ0) is 13.7. The first-order valence-electron chi connectivity index (χ1n) is 5.80. The van der Waals surface area contributed by atoms with E-state index >= 15 is 0 Å². The maximum atomic E-state index is 11.6. The van der Waals surface area contributed by atoms with Crippen LogP contribution in [0.3, 0.4) is 0 Å². The number of nitrogens with one attached hydrogen (secondary N) is 2. The largest absolute Gasteiger partial charge is 0.369 e. The Morgan fingerprint density at radius 2 is 2.21 bits per heavy atom. The highest BCUT2D eigenvalue weighted by Crippen LogP contribution is 2.17. The SMILES string of the molecule is CS(=O)(=O)c1cccnc1NCCCc1ncn[nH]1. The molecule has 0 unspecified atom stereocenters. The molecule has 0 amide bonds. The molecular weight excluding hydrogens is 266 g/mol. The number of pyridine rings is 1. The number of aryl methyl sites for hydroxylation is 1. The van der Waals surface area contributed by atoms with Gasteiger partial charge in [0.2, 0.25) is 0 Å². The Labute approximate surface area is 111 Å². The van der Waals surface area contributed by atoms with Crippen molar-refractivity contribution in [3.8, 4) is 0 Å². The summed E-state index contributed by atoms with van der Waals surface area (Å²) in [6, 6.07) is 3.15. The summed E-state index contributed by atoms with van der Waals surface area (Å²) in [4.78, 5) is 8.28. The summed E-state index contributed by atoms with van der Waals surface area (Å²) in [6.07, 6.45) is 5.74. The van der Waals surface area contributed by atoms with Gasteiger partial charge in [-0.3, -0.25) is 5.10 Å².